The van der Waals surface area contributed by atoms with Crippen molar-refractivity contribution >= 4 is 11.6 Å². The molecule has 1 saturated carbocycles. The lowest BCUT2D eigenvalue weighted by Gasteiger charge is -2.24. The van der Waals surface area contributed by atoms with Gasteiger partial charge in [-0.25, -0.2) is 0 Å². The quantitative estimate of drug-likeness (QED) is 0.631. The zero-order valence-corrected chi connectivity index (χ0v) is 15.9. The van der Waals surface area contributed by atoms with Crippen molar-refractivity contribution in [3.8, 4) is 0 Å². The monoisotopic (exact) mass is 366 g/mol. The summed E-state index contributed by atoms with van der Waals surface area (Å²) in [5.74, 6) is 2.67. The highest BCUT2D eigenvalue weighted by Crippen LogP contribution is 2.41. The van der Waals surface area contributed by atoms with Crippen molar-refractivity contribution in [1.29, 1.82) is 0 Å². The van der Waals surface area contributed by atoms with Crippen LogP contribution in [-0.4, -0.2) is 19.7 Å². The predicted molar refractivity (Wildman–Crippen MR) is 104 cm³/mol. The van der Waals surface area contributed by atoms with E-state index in [0.29, 0.717) is 5.92 Å². The normalized spacial score (nSPS) is 14.6. The van der Waals surface area contributed by atoms with Gasteiger partial charge >= 0.3 is 0 Å². The molecule has 2 heterocycles. The van der Waals surface area contributed by atoms with E-state index in [9.17, 15) is 0 Å². The van der Waals surface area contributed by atoms with Gasteiger partial charge in [-0.05, 0) is 62.9 Å². The molecule has 0 N–H and O–H groups in total. The minimum absolute atomic E-state index is 0.290. The van der Waals surface area contributed by atoms with Crippen LogP contribution >= 0.6 is 11.6 Å². The third kappa shape index (κ3) is 3.38. The van der Waals surface area contributed by atoms with Crippen LogP contribution in [0.2, 0.25) is 5.02 Å². The van der Waals surface area contributed by atoms with Crippen LogP contribution < -0.4 is 0 Å². The van der Waals surface area contributed by atoms with Crippen molar-refractivity contribution in [2.45, 2.75) is 51.0 Å². The first-order valence-corrected chi connectivity index (χ1v) is 9.53. The first-order chi connectivity index (χ1) is 12.6. The van der Waals surface area contributed by atoms with Crippen LogP contribution in [0.25, 0.3) is 0 Å². The zero-order valence-electron chi connectivity index (χ0n) is 15.2. The Balaban J connectivity index is 1.66. The summed E-state index contributed by atoms with van der Waals surface area (Å²) in [7, 11) is 0. The smallest absolute Gasteiger partial charge is 0.144 e. The molecule has 26 heavy (non-hydrogen) atoms. The highest BCUT2D eigenvalue weighted by molar-refractivity contribution is 6.30. The average Bonchev–Trinajstić information content (AvgIpc) is 3.41. The van der Waals surface area contributed by atoms with E-state index in [1.54, 1.807) is 0 Å². The van der Waals surface area contributed by atoms with Gasteiger partial charge in [0.25, 0.3) is 0 Å². The first-order valence-electron chi connectivity index (χ1n) is 9.15. The molecule has 1 fully saturated rings. The fourth-order valence-electron chi connectivity index (χ4n) is 3.38. The van der Waals surface area contributed by atoms with E-state index in [1.807, 2.05) is 30.5 Å². The van der Waals surface area contributed by atoms with Crippen molar-refractivity contribution in [3.63, 3.8) is 0 Å². The van der Waals surface area contributed by atoms with Crippen LogP contribution in [0.5, 0.6) is 0 Å². The number of halogens is 1. The van der Waals surface area contributed by atoms with Crippen molar-refractivity contribution in [1.82, 2.24) is 19.7 Å². The number of hydrogen-bond donors (Lipinski definition) is 0. The Kier molecular flexibility index (Phi) is 4.53. The zero-order chi connectivity index (χ0) is 18.1. The molecule has 0 amide bonds. The van der Waals surface area contributed by atoms with Gasteiger partial charge in [0.05, 0.1) is 11.1 Å². The molecule has 0 spiro atoms. The van der Waals surface area contributed by atoms with E-state index in [2.05, 4.69) is 51.8 Å². The van der Waals surface area contributed by atoms with Crippen LogP contribution in [0, 0.1) is 0 Å². The van der Waals surface area contributed by atoms with Crippen LogP contribution in [0.3, 0.4) is 0 Å². The molecule has 4 nitrogen and oxygen atoms in total. The van der Waals surface area contributed by atoms with Crippen molar-refractivity contribution in [2.24, 2.45) is 0 Å². The molecule has 1 aliphatic rings. The fourth-order valence-corrected chi connectivity index (χ4v) is 3.51. The molecule has 4 rings (SSSR count). The third-order valence-corrected chi connectivity index (χ3v) is 5.38. The molecule has 0 atom stereocenters. The lowest BCUT2D eigenvalue weighted by molar-refractivity contribution is 0.509. The Bertz CT molecular complexity index is 880. The van der Waals surface area contributed by atoms with Gasteiger partial charge in [0.1, 0.15) is 11.6 Å². The van der Waals surface area contributed by atoms with E-state index in [1.165, 1.54) is 18.4 Å². The number of benzene rings is 1. The Morgan fingerprint density at radius 1 is 1.08 bits per heavy atom. The lowest BCUT2D eigenvalue weighted by Crippen LogP contribution is -2.26. The van der Waals surface area contributed by atoms with Crippen molar-refractivity contribution < 1.29 is 0 Å². The Hall–Kier alpha value is -2.20. The fraction of sp³-hybridized carbons (Fsp3) is 0.381. The highest BCUT2D eigenvalue weighted by Gasteiger charge is 2.36. The highest BCUT2D eigenvalue weighted by atomic mass is 35.5. The lowest BCUT2D eigenvalue weighted by atomic mass is 9.87. The number of pyridine rings is 1. The van der Waals surface area contributed by atoms with Crippen LogP contribution in [0.15, 0.2) is 48.7 Å². The van der Waals surface area contributed by atoms with Gasteiger partial charge in [0.15, 0.2) is 0 Å². The second-order valence-corrected chi connectivity index (χ2v) is 7.96. The molecule has 0 bridgehead atoms. The standard InChI is InChI=1S/C21H23ClN4/c1-21(2,18-5-3-4-13-23-18)20-25-24-19(16-8-9-16)26(20)14-12-15-6-10-17(22)11-7-15/h3-7,10-11,13,16H,8-9,12,14H2,1-2H3. The Morgan fingerprint density at radius 2 is 1.85 bits per heavy atom. The Labute approximate surface area is 159 Å². The van der Waals surface area contributed by atoms with Crippen LogP contribution in [-0.2, 0) is 18.4 Å². The molecule has 3 aromatic rings. The minimum atomic E-state index is -0.290. The summed E-state index contributed by atoms with van der Waals surface area (Å²) in [5.41, 5.74) is 2.00. The Morgan fingerprint density at radius 3 is 2.50 bits per heavy atom. The summed E-state index contributed by atoms with van der Waals surface area (Å²) >= 11 is 6.01. The molecule has 1 aromatic carbocycles. The third-order valence-electron chi connectivity index (χ3n) is 5.12. The molecular formula is C21H23ClN4. The second-order valence-electron chi connectivity index (χ2n) is 7.52. The maximum atomic E-state index is 6.01. The van der Waals surface area contributed by atoms with Crippen molar-refractivity contribution in [3.05, 3.63) is 76.6 Å². The number of nitrogens with zero attached hydrogens (tertiary/aromatic N) is 4. The first kappa shape index (κ1) is 17.2. The van der Waals surface area contributed by atoms with E-state index in [-0.39, 0.29) is 5.41 Å². The molecule has 134 valence electrons. The van der Waals surface area contributed by atoms with Crippen molar-refractivity contribution in [2.75, 3.05) is 0 Å². The number of aryl methyl sites for hydroxylation is 1. The summed E-state index contributed by atoms with van der Waals surface area (Å²) in [5, 5.41) is 9.94. The summed E-state index contributed by atoms with van der Waals surface area (Å²) in [6.07, 6.45) is 5.19. The number of aromatic nitrogens is 4. The van der Waals surface area contributed by atoms with Gasteiger partial charge in [-0.3, -0.25) is 4.98 Å². The van der Waals surface area contributed by atoms with E-state index < -0.39 is 0 Å². The van der Waals surface area contributed by atoms with E-state index in [4.69, 9.17) is 11.6 Å². The van der Waals surface area contributed by atoms with E-state index >= 15 is 0 Å². The molecule has 0 radical (unpaired) electrons. The molecular weight excluding hydrogens is 344 g/mol. The summed E-state index contributed by atoms with van der Waals surface area (Å²) in [4.78, 5) is 4.57. The SMILES string of the molecule is CC(C)(c1ccccn1)c1nnc(C2CC2)n1CCc1ccc(Cl)cc1. The molecule has 5 heteroatoms. The second kappa shape index (κ2) is 6.84. The molecule has 0 aliphatic heterocycles. The predicted octanol–water partition coefficient (Wildman–Crippen LogP) is 4.77. The van der Waals surface area contributed by atoms with Crippen LogP contribution in [0.4, 0.5) is 0 Å². The number of rotatable bonds is 6. The maximum absolute atomic E-state index is 6.01. The summed E-state index contributed by atoms with van der Waals surface area (Å²) < 4.78 is 2.32. The van der Waals surface area contributed by atoms with Crippen LogP contribution in [0.1, 0.15) is 55.5 Å². The maximum Gasteiger partial charge on any atom is 0.144 e. The molecule has 2 aromatic heterocycles. The van der Waals surface area contributed by atoms with E-state index in [0.717, 1.165) is 35.3 Å². The minimum Gasteiger partial charge on any atom is -0.314 e. The van der Waals surface area contributed by atoms with Gasteiger partial charge in [0, 0.05) is 23.7 Å². The van der Waals surface area contributed by atoms with Gasteiger partial charge in [-0.1, -0.05) is 29.8 Å². The summed E-state index contributed by atoms with van der Waals surface area (Å²) in [6.45, 7) is 5.22. The largest absolute Gasteiger partial charge is 0.314 e. The molecule has 0 unspecified atom stereocenters. The van der Waals surface area contributed by atoms with Gasteiger partial charge in [-0.15, -0.1) is 10.2 Å². The molecule has 1 aliphatic carbocycles. The van der Waals surface area contributed by atoms with Gasteiger partial charge in [0.2, 0.25) is 0 Å². The van der Waals surface area contributed by atoms with Gasteiger partial charge < -0.3 is 4.57 Å². The summed E-state index contributed by atoms with van der Waals surface area (Å²) in [6, 6.07) is 14.1. The molecule has 0 saturated heterocycles. The average molecular weight is 367 g/mol. The topological polar surface area (TPSA) is 43.6 Å². The number of hydrogen-bond acceptors (Lipinski definition) is 3. The van der Waals surface area contributed by atoms with Gasteiger partial charge in [-0.2, -0.15) is 0 Å².